The van der Waals surface area contributed by atoms with Gasteiger partial charge >= 0.3 is 0 Å². The summed E-state index contributed by atoms with van der Waals surface area (Å²) in [5.41, 5.74) is 5.57. The van der Waals surface area contributed by atoms with Gasteiger partial charge in [0.05, 0.1) is 33.8 Å². The molecule has 174 valence electrons. The summed E-state index contributed by atoms with van der Waals surface area (Å²) in [6, 6.07) is 9.00. The van der Waals surface area contributed by atoms with Gasteiger partial charge in [0.2, 0.25) is 11.8 Å². The fourth-order valence-corrected chi connectivity index (χ4v) is 5.02. The Labute approximate surface area is 196 Å². The van der Waals surface area contributed by atoms with Crippen molar-refractivity contribution in [1.82, 2.24) is 20.4 Å². The number of thiazole rings is 1. The van der Waals surface area contributed by atoms with E-state index < -0.39 is 18.1 Å². The summed E-state index contributed by atoms with van der Waals surface area (Å²) in [7, 11) is 0. The molecule has 2 amide bonds. The number of carbonyl (C=O) groups is 2. The van der Waals surface area contributed by atoms with Gasteiger partial charge in [0.25, 0.3) is 0 Å². The first-order chi connectivity index (χ1) is 15.9. The van der Waals surface area contributed by atoms with Crippen LogP contribution in [0.2, 0.25) is 0 Å². The van der Waals surface area contributed by atoms with Gasteiger partial charge in [-0.15, -0.1) is 11.3 Å². The molecule has 4 rings (SSSR count). The average Bonchev–Trinajstić information content (AvgIpc) is 3.53. The second-order valence-corrected chi connectivity index (χ2v) is 9.26. The molecule has 1 unspecified atom stereocenters. The summed E-state index contributed by atoms with van der Waals surface area (Å²) < 4.78 is 5.31. The van der Waals surface area contributed by atoms with E-state index in [2.05, 4.69) is 15.5 Å². The maximum atomic E-state index is 13.2. The van der Waals surface area contributed by atoms with Crippen LogP contribution in [0.5, 0.6) is 0 Å². The zero-order valence-corrected chi connectivity index (χ0v) is 19.8. The van der Waals surface area contributed by atoms with Gasteiger partial charge in [0, 0.05) is 25.6 Å². The molecule has 1 aromatic carbocycles. The van der Waals surface area contributed by atoms with Crippen molar-refractivity contribution in [3.05, 3.63) is 58.6 Å². The Balaban J connectivity index is 1.41. The summed E-state index contributed by atoms with van der Waals surface area (Å²) in [5, 5.41) is 17.0. The highest BCUT2D eigenvalue weighted by molar-refractivity contribution is 7.13. The van der Waals surface area contributed by atoms with Crippen LogP contribution in [0.4, 0.5) is 0 Å². The molecule has 1 aliphatic heterocycles. The minimum atomic E-state index is -0.736. The molecule has 33 heavy (non-hydrogen) atoms. The fourth-order valence-electron chi connectivity index (χ4n) is 4.21. The topological polar surface area (TPSA) is 109 Å². The number of amides is 2. The summed E-state index contributed by atoms with van der Waals surface area (Å²) in [6.07, 6.45) is -0.00638. The molecule has 2 aromatic heterocycles. The number of β-amino-alcohol motifs (C(OH)–C–C–N with tert-alkyl or cyclic N) is 1. The zero-order valence-electron chi connectivity index (χ0n) is 18.9. The molecule has 3 atom stereocenters. The lowest BCUT2D eigenvalue weighted by atomic mass is 10.0. The van der Waals surface area contributed by atoms with Gasteiger partial charge in [-0.05, 0) is 31.4 Å². The molecule has 3 aromatic rings. The highest BCUT2D eigenvalue weighted by Gasteiger charge is 2.41. The smallest absolute Gasteiger partial charge is 0.243 e. The van der Waals surface area contributed by atoms with E-state index in [1.54, 1.807) is 24.3 Å². The first-order valence-corrected chi connectivity index (χ1v) is 11.9. The van der Waals surface area contributed by atoms with Crippen LogP contribution >= 0.6 is 11.3 Å². The van der Waals surface area contributed by atoms with Gasteiger partial charge in [-0.3, -0.25) is 9.59 Å². The van der Waals surface area contributed by atoms with Crippen LogP contribution in [0.1, 0.15) is 48.4 Å². The number of rotatable bonds is 7. The van der Waals surface area contributed by atoms with Crippen molar-refractivity contribution >= 4 is 23.2 Å². The highest BCUT2D eigenvalue weighted by Crippen LogP contribution is 2.29. The first-order valence-electron chi connectivity index (χ1n) is 11.1. The quantitative estimate of drug-likeness (QED) is 0.551. The van der Waals surface area contributed by atoms with E-state index in [1.807, 2.05) is 43.6 Å². The van der Waals surface area contributed by atoms with E-state index in [4.69, 9.17) is 4.52 Å². The molecule has 2 N–H and O–H groups in total. The lowest BCUT2D eigenvalue weighted by Gasteiger charge is -2.26. The second-order valence-electron chi connectivity index (χ2n) is 8.41. The maximum absolute atomic E-state index is 13.2. The molecule has 0 bridgehead atoms. The number of likely N-dealkylation sites (tertiary alicyclic amines) is 1. The number of hydrogen-bond acceptors (Lipinski definition) is 7. The van der Waals surface area contributed by atoms with Crippen LogP contribution in [-0.2, 0) is 16.1 Å². The largest absolute Gasteiger partial charge is 0.391 e. The van der Waals surface area contributed by atoms with Crippen molar-refractivity contribution in [3.8, 4) is 10.4 Å². The van der Waals surface area contributed by atoms with Crippen LogP contribution in [0.25, 0.3) is 10.4 Å². The van der Waals surface area contributed by atoms with E-state index in [0.29, 0.717) is 24.4 Å². The van der Waals surface area contributed by atoms with Crippen molar-refractivity contribution < 1.29 is 19.2 Å². The molecule has 1 aliphatic rings. The summed E-state index contributed by atoms with van der Waals surface area (Å²) in [5.74, 6) is -0.549. The third-order valence-corrected chi connectivity index (χ3v) is 6.97. The van der Waals surface area contributed by atoms with Crippen LogP contribution in [0.3, 0.4) is 0 Å². The number of aliphatic hydroxyl groups is 1. The number of aliphatic hydroxyl groups excluding tert-OH is 1. The molecule has 9 heteroatoms. The molecular weight excluding hydrogens is 440 g/mol. The molecule has 0 radical (unpaired) electrons. The van der Waals surface area contributed by atoms with Crippen LogP contribution < -0.4 is 5.32 Å². The Morgan fingerprint density at radius 2 is 2.06 bits per heavy atom. The van der Waals surface area contributed by atoms with E-state index >= 15 is 0 Å². The predicted octanol–water partition coefficient (Wildman–Crippen LogP) is 3.19. The van der Waals surface area contributed by atoms with Crippen LogP contribution in [0, 0.1) is 13.8 Å². The standard InChI is InChI=1S/C24H28N4O4S/c1-4-19(21-9-14(2)27-32-21)24(31)28-12-18(29)10-20(28)23(30)25-11-16-5-7-17(8-6-16)22-15(3)26-13-33-22/h5-9,13,18-20,29H,4,10-12H2,1-3H3,(H,25,30)/t18-,19?,20+/m1/s1. The summed E-state index contributed by atoms with van der Waals surface area (Å²) in [6.45, 7) is 6.14. The monoisotopic (exact) mass is 468 g/mol. The fraction of sp³-hybridized carbons (Fsp3) is 0.417. The van der Waals surface area contributed by atoms with Gasteiger partial charge in [-0.2, -0.15) is 0 Å². The van der Waals surface area contributed by atoms with Crippen molar-refractivity contribution in [2.24, 2.45) is 0 Å². The Bertz CT molecular complexity index is 1120. The van der Waals surface area contributed by atoms with Crippen LogP contribution in [0.15, 0.2) is 40.4 Å². The third-order valence-electron chi connectivity index (χ3n) is 5.99. The van der Waals surface area contributed by atoms with Crippen molar-refractivity contribution in [2.45, 2.75) is 58.2 Å². The minimum Gasteiger partial charge on any atom is -0.391 e. The Morgan fingerprint density at radius 3 is 2.67 bits per heavy atom. The predicted molar refractivity (Wildman–Crippen MR) is 125 cm³/mol. The van der Waals surface area contributed by atoms with Crippen LogP contribution in [-0.4, -0.2) is 50.7 Å². The molecule has 3 heterocycles. The SMILES string of the molecule is CCC(C(=O)N1C[C@H](O)C[C@H]1C(=O)NCc1ccc(-c2scnc2C)cc1)c1cc(C)no1. The van der Waals surface area contributed by atoms with Gasteiger partial charge in [-0.25, -0.2) is 4.98 Å². The van der Waals surface area contributed by atoms with Gasteiger partial charge in [0.15, 0.2) is 0 Å². The van der Waals surface area contributed by atoms with Crippen molar-refractivity contribution in [2.75, 3.05) is 6.54 Å². The Kier molecular flexibility index (Phi) is 6.90. The number of nitrogens with zero attached hydrogens (tertiary/aromatic N) is 3. The third kappa shape index (κ3) is 4.99. The van der Waals surface area contributed by atoms with E-state index in [-0.39, 0.29) is 24.8 Å². The Hall–Kier alpha value is -3.04. The van der Waals surface area contributed by atoms with E-state index in [1.165, 1.54) is 4.90 Å². The number of carbonyl (C=O) groups excluding carboxylic acids is 2. The molecule has 0 aliphatic carbocycles. The highest BCUT2D eigenvalue weighted by atomic mass is 32.1. The van der Waals surface area contributed by atoms with E-state index in [9.17, 15) is 14.7 Å². The first kappa shape index (κ1) is 23.1. The number of benzene rings is 1. The van der Waals surface area contributed by atoms with Crippen molar-refractivity contribution in [1.29, 1.82) is 0 Å². The number of nitrogens with one attached hydrogen (secondary N) is 1. The summed E-state index contributed by atoms with van der Waals surface area (Å²) in [4.78, 5) is 33.1. The number of aromatic nitrogens is 2. The van der Waals surface area contributed by atoms with Crippen molar-refractivity contribution in [3.63, 3.8) is 0 Å². The molecule has 1 saturated heterocycles. The minimum absolute atomic E-state index is 0.128. The van der Waals surface area contributed by atoms with Gasteiger partial charge in [0.1, 0.15) is 11.8 Å². The molecule has 1 fully saturated rings. The number of aryl methyl sites for hydroxylation is 2. The zero-order chi connectivity index (χ0) is 23.5. The average molecular weight is 469 g/mol. The lowest BCUT2D eigenvalue weighted by molar-refractivity contribution is -0.140. The summed E-state index contributed by atoms with van der Waals surface area (Å²) >= 11 is 1.60. The molecule has 0 spiro atoms. The Morgan fingerprint density at radius 1 is 1.30 bits per heavy atom. The lowest BCUT2D eigenvalue weighted by Crippen LogP contribution is -2.47. The van der Waals surface area contributed by atoms with Gasteiger partial charge in [-0.1, -0.05) is 36.3 Å². The molecule has 8 nitrogen and oxygen atoms in total. The van der Waals surface area contributed by atoms with Gasteiger partial charge < -0.3 is 19.8 Å². The normalized spacial score (nSPS) is 19.0. The van der Waals surface area contributed by atoms with E-state index in [0.717, 1.165) is 21.7 Å². The number of hydrogen-bond donors (Lipinski definition) is 2. The maximum Gasteiger partial charge on any atom is 0.243 e. The second kappa shape index (κ2) is 9.84. The molecular formula is C24H28N4O4S. The molecule has 0 saturated carbocycles.